The van der Waals surface area contributed by atoms with Crippen LogP contribution < -0.4 is 114 Å². The number of urea groups is 1. The molecule has 2 aliphatic rings. The predicted molar refractivity (Wildman–Crippen MR) is 94.4 cm³/mol. The average Bonchev–Trinajstić information content (AvgIpc) is 2.97. The fourth-order valence-electron chi connectivity index (χ4n) is 2.80. The number of amides is 3. The van der Waals surface area contributed by atoms with E-state index in [4.69, 9.17) is 15.4 Å². The molecule has 2 aliphatic heterocycles. The van der Waals surface area contributed by atoms with Gasteiger partial charge in [-0.05, 0) is 0 Å². The summed E-state index contributed by atoms with van der Waals surface area (Å²) in [6.45, 7) is -0.959. The van der Waals surface area contributed by atoms with Gasteiger partial charge in [0.2, 0.25) is 5.91 Å². The van der Waals surface area contributed by atoms with Crippen molar-refractivity contribution in [1.29, 1.82) is 0 Å². The van der Waals surface area contributed by atoms with E-state index in [2.05, 4.69) is 18.5 Å². The Hall–Kier alpha value is 1.97. The molecule has 2 rings (SSSR count). The maximum Gasteiger partial charge on any atom is 1.00 e. The number of hydrogen-bond donors (Lipinski definition) is 4. The number of nitrogens with zero attached hydrogens (tertiary/aromatic N) is 1. The van der Waals surface area contributed by atoms with Crippen molar-refractivity contribution in [2.24, 2.45) is 11.7 Å². The summed E-state index contributed by atoms with van der Waals surface area (Å²) >= 11 is 0. The predicted octanol–water partition coefficient (Wildman–Crippen LogP) is -12.4. The van der Waals surface area contributed by atoms with Crippen LogP contribution in [-0.4, -0.2) is 65.0 Å². The van der Waals surface area contributed by atoms with E-state index < -0.39 is 66.4 Å². The second kappa shape index (κ2) is 16.3. The first-order valence-electron chi connectivity index (χ1n) is 8.67. The molecular formula is C12H19N3Na3O14P3. The fraction of sp³-hybridized carbons (Fsp3) is 0.667. The van der Waals surface area contributed by atoms with Crippen molar-refractivity contribution >= 4 is 35.4 Å². The van der Waals surface area contributed by atoms with Crippen LogP contribution >= 0.6 is 23.5 Å². The fourth-order valence-corrected chi connectivity index (χ4v) is 5.69. The minimum absolute atomic E-state index is 0. The molecule has 2 saturated heterocycles. The Balaban J connectivity index is 0. The number of phosphoric acid groups is 3. The number of carbonyl (C=O) groups is 2. The number of nitrogens with one attached hydrogen (secondary N) is 1. The van der Waals surface area contributed by atoms with Crippen molar-refractivity contribution < 1.29 is 155 Å². The number of rotatable bonds is 10. The molecule has 5 N–H and O–H groups in total. The van der Waals surface area contributed by atoms with Crippen molar-refractivity contribution in [3.8, 4) is 0 Å². The van der Waals surface area contributed by atoms with E-state index >= 15 is 0 Å². The van der Waals surface area contributed by atoms with Crippen LogP contribution in [0.15, 0.2) is 12.2 Å². The van der Waals surface area contributed by atoms with Gasteiger partial charge in [0.15, 0.2) is 0 Å². The standard InChI is InChI=1S/C12H22N3O14P3.3Na/c13-3-1-2-7-5-15(12(18)14-11(7)17)10-4-8(16)9(27-10)6-26-31(22,23)29-32(24,25)28-30(19,20)21;;;/h1-2,7-10,16H,3-6,13H2,(H,22,23)(H,24,25)(H,14,17,18)(H2,19,20,21);;;/q;3*+1/p-3/b2-1+;;;/t7?,8-,9+,10+;;;/m0.../s1. The molecule has 2 fully saturated rings. The summed E-state index contributed by atoms with van der Waals surface area (Å²) in [6.07, 6.45) is -1.08. The van der Waals surface area contributed by atoms with E-state index in [1.165, 1.54) is 12.2 Å². The van der Waals surface area contributed by atoms with E-state index in [1.54, 1.807) is 0 Å². The zero-order chi connectivity index (χ0) is 24.3. The third-order valence-electron chi connectivity index (χ3n) is 4.08. The molecule has 35 heavy (non-hydrogen) atoms. The molecule has 23 heteroatoms. The van der Waals surface area contributed by atoms with Gasteiger partial charge in [-0.2, -0.15) is 0 Å². The molecule has 7 atom stereocenters. The summed E-state index contributed by atoms with van der Waals surface area (Å²) in [6, 6.07) is -0.820. The van der Waals surface area contributed by atoms with Crippen LogP contribution in [0.4, 0.5) is 4.79 Å². The molecule has 0 aromatic carbocycles. The topological polar surface area (TPSA) is 273 Å². The number of nitrogens with two attached hydrogens (primary N) is 1. The Bertz CT molecular complexity index is 906. The third-order valence-corrected chi connectivity index (χ3v) is 7.77. The summed E-state index contributed by atoms with van der Waals surface area (Å²) in [7, 11) is -17.7. The van der Waals surface area contributed by atoms with Gasteiger partial charge in [-0.25, -0.2) is 13.4 Å². The smallest absolute Gasteiger partial charge is 0.756 e. The normalized spacial score (nSPS) is 29.6. The van der Waals surface area contributed by atoms with E-state index in [-0.39, 0.29) is 108 Å². The molecule has 0 bridgehead atoms. The van der Waals surface area contributed by atoms with E-state index in [1.807, 2.05) is 0 Å². The molecule has 2 heterocycles. The SMILES string of the molecule is NC/C=C/C1CN([C@H]2C[C@H](O)[C@@H](COP(=O)([O-])OP(=O)([O-])OP(=O)([O-])O)O2)C(=O)NC1=O.[Na+].[Na+].[Na+]. The van der Waals surface area contributed by atoms with E-state index in [0.717, 1.165) is 4.90 Å². The van der Waals surface area contributed by atoms with Crippen LogP contribution in [0.5, 0.6) is 0 Å². The van der Waals surface area contributed by atoms with Crippen molar-refractivity contribution in [1.82, 2.24) is 10.2 Å². The molecule has 0 saturated carbocycles. The molecule has 0 aromatic rings. The molecular weight excluding hydrogens is 572 g/mol. The van der Waals surface area contributed by atoms with Gasteiger partial charge in [0, 0.05) is 19.5 Å². The van der Waals surface area contributed by atoms with E-state index in [0.29, 0.717) is 0 Å². The number of imide groups is 1. The summed E-state index contributed by atoms with van der Waals surface area (Å²) in [4.78, 5) is 66.5. The summed E-state index contributed by atoms with van der Waals surface area (Å²) in [5.74, 6) is -1.33. The number of carbonyl (C=O) groups excluding carboxylic acids is 2. The first-order chi connectivity index (χ1) is 14.6. The van der Waals surface area contributed by atoms with Crippen LogP contribution in [0.2, 0.25) is 0 Å². The van der Waals surface area contributed by atoms with Gasteiger partial charge < -0.3 is 39.7 Å². The van der Waals surface area contributed by atoms with Crippen LogP contribution in [0.25, 0.3) is 0 Å². The van der Waals surface area contributed by atoms with Crippen molar-refractivity contribution in [3.05, 3.63) is 12.2 Å². The molecule has 184 valence electrons. The minimum Gasteiger partial charge on any atom is -0.756 e. The molecule has 17 nitrogen and oxygen atoms in total. The van der Waals surface area contributed by atoms with Gasteiger partial charge in [0.05, 0.1) is 18.6 Å². The van der Waals surface area contributed by atoms with Crippen LogP contribution in [0, 0.1) is 5.92 Å². The maximum absolute atomic E-state index is 12.1. The van der Waals surface area contributed by atoms with Crippen LogP contribution in [-0.2, 0) is 36.4 Å². The van der Waals surface area contributed by atoms with Gasteiger partial charge >= 0.3 is 94.7 Å². The van der Waals surface area contributed by atoms with E-state index in [9.17, 15) is 43.1 Å². The largest absolute Gasteiger partial charge is 1.00 e. The Morgan fingerprint density at radius 2 is 1.74 bits per heavy atom. The number of hydrogen-bond acceptors (Lipinski definition) is 14. The Morgan fingerprint density at radius 1 is 1.14 bits per heavy atom. The Labute approximate surface area is 265 Å². The molecule has 0 radical (unpaired) electrons. The summed E-state index contributed by atoms with van der Waals surface area (Å²) in [5, 5.41) is 12.2. The summed E-state index contributed by atoms with van der Waals surface area (Å²) < 4.78 is 49.4. The number of ether oxygens (including phenoxy) is 1. The molecule has 0 spiro atoms. The Morgan fingerprint density at radius 3 is 2.29 bits per heavy atom. The minimum atomic E-state index is -6.06. The average molecular weight is 591 g/mol. The van der Waals surface area contributed by atoms with Crippen molar-refractivity contribution in [2.45, 2.75) is 24.9 Å². The zero-order valence-corrected chi connectivity index (χ0v) is 27.6. The maximum atomic E-state index is 12.1. The molecule has 0 aromatic heterocycles. The third kappa shape index (κ3) is 13.3. The van der Waals surface area contributed by atoms with Gasteiger partial charge in [-0.1, -0.05) is 12.2 Å². The first-order valence-corrected chi connectivity index (χ1v) is 13.1. The Kier molecular flexibility index (Phi) is 18.2. The number of phosphoric ester groups is 1. The molecule has 4 unspecified atom stereocenters. The van der Waals surface area contributed by atoms with Gasteiger partial charge in [0.25, 0.3) is 23.5 Å². The van der Waals surface area contributed by atoms with Crippen LogP contribution in [0.1, 0.15) is 6.42 Å². The molecule has 0 aliphatic carbocycles. The van der Waals surface area contributed by atoms with Crippen LogP contribution in [0.3, 0.4) is 0 Å². The van der Waals surface area contributed by atoms with Crippen molar-refractivity contribution in [2.75, 3.05) is 19.7 Å². The van der Waals surface area contributed by atoms with Gasteiger partial charge in [-0.15, -0.1) is 0 Å². The zero-order valence-electron chi connectivity index (χ0n) is 19.0. The second-order valence-corrected chi connectivity index (χ2v) is 10.8. The number of aliphatic hydroxyl groups excluding tert-OH is 1. The second-order valence-electron chi connectivity index (χ2n) is 6.47. The van der Waals surface area contributed by atoms with Crippen molar-refractivity contribution in [3.63, 3.8) is 0 Å². The summed E-state index contributed by atoms with van der Waals surface area (Å²) in [5.41, 5.74) is 5.33. The first kappa shape index (κ1) is 39.1. The van der Waals surface area contributed by atoms with Gasteiger partial charge in [0.1, 0.15) is 12.3 Å². The quantitative estimate of drug-likeness (QED) is 0.104. The monoisotopic (exact) mass is 591 g/mol. The number of aliphatic hydroxyl groups is 1. The van der Waals surface area contributed by atoms with Gasteiger partial charge in [-0.3, -0.25) is 28.7 Å². The molecule has 3 amide bonds.